The molecule has 0 spiro atoms. The number of carboxylic acids is 1. The molecule has 1 aromatic heterocycles. The maximum absolute atomic E-state index is 12.6. The fourth-order valence-corrected chi connectivity index (χ4v) is 2.03. The molecule has 132 valence electrons. The van der Waals surface area contributed by atoms with E-state index in [0.29, 0.717) is 0 Å². The van der Waals surface area contributed by atoms with Crippen LogP contribution >= 0.6 is 0 Å². The topological polar surface area (TPSA) is 147 Å². The summed E-state index contributed by atoms with van der Waals surface area (Å²) in [6.45, 7) is 0. The molecule has 0 fully saturated rings. The lowest BCUT2D eigenvalue weighted by Crippen LogP contribution is -2.45. The van der Waals surface area contributed by atoms with Gasteiger partial charge in [-0.1, -0.05) is 0 Å². The second-order valence-electron chi connectivity index (χ2n) is 5.06. The molecule has 8 nitrogen and oxygen atoms in total. The number of fused-ring (bicyclic) bond motifs is 1. The van der Waals surface area contributed by atoms with Gasteiger partial charge in [-0.15, -0.1) is 0 Å². The number of rotatable bonds is 5. The van der Waals surface area contributed by atoms with Crippen molar-refractivity contribution >= 4 is 17.0 Å². The van der Waals surface area contributed by atoms with Crippen LogP contribution in [0.15, 0.2) is 18.2 Å². The molecule has 0 aliphatic heterocycles. The summed E-state index contributed by atoms with van der Waals surface area (Å²) in [6, 6.07) is 2.56. The normalized spacial score (nSPS) is 17.5. The maximum Gasteiger partial charge on any atom is 0.416 e. The number of halogens is 3. The van der Waals surface area contributed by atoms with Crippen LogP contribution in [0, 0.1) is 0 Å². The van der Waals surface area contributed by atoms with Gasteiger partial charge in [0.2, 0.25) is 0 Å². The van der Waals surface area contributed by atoms with Gasteiger partial charge in [-0.25, -0.2) is 9.78 Å². The number of carbonyl (C=O) groups is 1. The molecule has 2 rings (SSSR count). The Bertz CT molecular complexity index is 747. The summed E-state index contributed by atoms with van der Waals surface area (Å²) < 4.78 is 37.9. The van der Waals surface area contributed by atoms with Crippen LogP contribution in [-0.4, -0.2) is 59.8 Å². The summed E-state index contributed by atoms with van der Waals surface area (Å²) in [5, 5.41) is 46.8. The Morgan fingerprint density at radius 3 is 2.29 bits per heavy atom. The highest BCUT2D eigenvalue weighted by molar-refractivity contribution is 5.76. The molecule has 4 atom stereocenters. The number of aromatic amines is 1. The Hall–Kier alpha value is -2.21. The lowest BCUT2D eigenvalue weighted by atomic mass is 10.0. The molecule has 0 bridgehead atoms. The number of carboxylic acid groups (broad SMARTS) is 1. The minimum absolute atomic E-state index is 0.0533. The number of aliphatic carboxylic acids is 1. The molecular formula is C13H13F3N2O6. The molecule has 0 saturated carbocycles. The average molecular weight is 350 g/mol. The van der Waals surface area contributed by atoms with Crippen LogP contribution in [0.5, 0.6) is 0 Å². The molecule has 0 amide bonds. The van der Waals surface area contributed by atoms with Crippen molar-refractivity contribution in [3.63, 3.8) is 0 Å². The van der Waals surface area contributed by atoms with Gasteiger partial charge in [-0.05, 0) is 18.2 Å². The van der Waals surface area contributed by atoms with Crippen LogP contribution in [-0.2, 0) is 11.0 Å². The molecule has 0 radical (unpaired) electrons. The van der Waals surface area contributed by atoms with E-state index in [1.54, 1.807) is 0 Å². The molecule has 0 saturated heterocycles. The van der Waals surface area contributed by atoms with Crippen LogP contribution in [0.2, 0.25) is 0 Å². The summed E-state index contributed by atoms with van der Waals surface area (Å²) in [6.07, 6.45) is -13.3. The monoisotopic (exact) mass is 350 g/mol. The molecule has 11 heteroatoms. The Morgan fingerprint density at radius 2 is 1.75 bits per heavy atom. The van der Waals surface area contributed by atoms with Crippen LogP contribution in [0.25, 0.3) is 11.0 Å². The van der Waals surface area contributed by atoms with E-state index in [2.05, 4.69) is 9.97 Å². The second-order valence-corrected chi connectivity index (χ2v) is 5.06. The van der Waals surface area contributed by atoms with Gasteiger partial charge in [-0.2, -0.15) is 13.2 Å². The number of nitrogens with one attached hydrogen (secondary N) is 1. The first-order chi connectivity index (χ1) is 11.0. The van der Waals surface area contributed by atoms with Gasteiger partial charge in [0.1, 0.15) is 24.1 Å². The third kappa shape index (κ3) is 3.48. The quantitative estimate of drug-likeness (QED) is 0.437. The number of H-pyrrole nitrogens is 1. The maximum atomic E-state index is 12.6. The first-order valence-corrected chi connectivity index (χ1v) is 6.54. The van der Waals surface area contributed by atoms with Gasteiger partial charge in [0.05, 0.1) is 16.6 Å². The van der Waals surface area contributed by atoms with Gasteiger partial charge >= 0.3 is 12.1 Å². The van der Waals surface area contributed by atoms with E-state index in [9.17, 15) is 33.3 Å². The van der Waals surface area contributed by atoms with Crippen molar-refractivity contribution in [3.8, 4) is 0 Å². The standard InChI is InChI=1S/C13H13F3N2O6/c14-13(15,16)4-1-2-5-6(3-4)18-11(17-5)9(21)7(19)8(20)10(22)12(23)24/h1-3,7-10,19-22H,(H,17,18)(H,23,24)/t7-,8+,9?,10?/m0/s1. The van der Waals surface area contributed by atoms with E-state index in [1.165, 1.54) is 0 Å². The summed E-state index contributed by atoms with van der Waals surface area (Å²) in [4.78, 5) is 16.7. The minimum Gasteiger partial charge on any atom is -0.479 e. The number of aromatic nitrogens is 2. The fraction of sp³-hybridized carbons (Fsp3) is 0.385. The predicted octanol–water partition coefficient (Wildman–Crippen LogP) is -0.218. The van der Waals surface area contributed by atoms with Crippen molar-refractivity contribution in [2.45, 2.75) is 30.6 Å². The lowest BCUT2D eigenvalue weighted by molar-refractivity contribution is -0.163. The molecule has 24 heavy (non-hydrogen) atoms. The first kappa shape index (κ1) is 18.1. The number of hydrogen-bond donors (Lipinski definition) is 6. The third-order valence-electron chi connectivity index (χ3n) is 3.36. The number of benzene rings is 1. The van der Waals surface area contributed by atoms with Gasteiger partial charge in [0.25, 0.3) is 0 Å². The first-order valence-electron chi connectivity index (χ1n) is 6.54. The largest absolute Gasteiger partial charge is 0.479 e. The lowest BCUT2D eigenvalue weighted by Gasteiger charge is -2.23. The summed E-state index contributed by atoms with van der Waals surface area (Å²) in [7, 11) is 0. The summed E-state index contributed by atoms with van der Waals surface area (Å²) >= 11 is 0. The summed E-state index contributed by atoms with van der Waals surface area (Å²) in [5.41, 5.74) is -0.988. The van der Waals surface area contributed by atoms with E-state index in [4.69, 9.17) is 10.2 Å². The zero-order chi connectivity index (χ0) is 18.2. The van der Waals surface area contributed by atoms with Crippen LogP contribution in [0.4, 0.5) is 13.2 Å². The molecule has 0 aliphatic rings. The SMILES string of the molecule is O=C(O)C(O)[C@H](O)[C@H](O)C(O)c1nc2ccc(C(F)(F)F)cc2[nH]1. The van der Waals surface area contributed by atoms with Crippen molar-refractivity contribution < 1.29 is 43.5 Å². The van der Waals surface area contributed by atoms with E-state index < -0.39 is 47.9 Å². The zero-order valence-corrected chi connectivity index (χ0v) is 11.8. The van der Waals surface area contributed by atoms with E-state index >= 15 is 0 Å². The van der Waals surface area contributed by atoms with Crippen molar-refractivity contribution in [1.82, 2.24) is 9.97 Å². The average Bonchev–Trinajstić information content (AvgIpc) is 2.93. The van der Waals surface area contributed by atoms with Crippen LogP contribution < -0.4 is 0 Å². The smallest absolute Gasteiger partial charge is 0.416 e. The van der Waals surface area contributed by atoms with Crippen molar-refractivity contribution in [3.05, 3.63) is 29.6 Å². The number of aliphatic hydroxyl groups is 4. The highest BCUT2D eigenvalue weighted by Gasteiger charge is 2.36. The Labute approximate surface area is 131 Å². The zero-order valence-electron chi connectivity index (χ0n) is 11.8. The van der Waals surface area contributed by atoms with Gasteiger partial charge in [0.15, 0.2) is 6.10 Å². The predicted molar refractivity (Wildman–Crippen MR) is 71.7 cm³/mol. The van der Waals surface area contributed by atoms with E-state index in [-0.39, 0.29) is 11.0 Å². The molecule has 1 aromatic carbocycles. The second kappa shape index (κ2) is 6.36. The van der Waals surface area contributed by atoms with E-state index in [1.807, 2.05) is 0 Å². The summed E-state index contributed by atoms with van der Waals surface area (Å²) in [5.74, 6) is -2.22. The Balaban J connectivity index is 2.29. The number of aliphatic hydroxyl groups excluding tert-OH is 4. The molecule has 1 heterocycles. The van der Waals surface area contributed by atoms with E-state index in [0.717, 1.165) is 18.2 Å². The number of imidazole rings is 1. The van der Waals surface area contributed by atoms with Crippen LogP contribution in [0.1, 0.15) is 17.5 Å². The Morgan fingerprint density at radius 1 is 1.12 bits per heavy atom. The van der Waals surface area contributed by atoms with Crippen molar-refractivity contribution in [2.24, 2.45) is 0 Å². The number of hydrogen-bond acceptors (Lipinski definition) is 6. The number of nitrogens with zero attached hydrogens (tertiary/aromatic N) is 1. The number of alkyl halides is 3. The van der Waals surface area contributed by atoms with Crippen molar-refractivity contribution in [1.29, 1.82) is 0 Å². The van der Waals surface area contributed by atoms with Gasteiger partial charge in [-0.3, -0.25) is 0 Å². The van der Waals surface area contributed by atoms with Crippen LogP contribution in [0.3, 0.4) is 0 Å². The molecular weight excluding hydrogens is 337 g/mol. The Kier molecular flexibility index (Phi) is 4.80. The molecule has 2 aromatic rings. The molecule has 6 N–H and O–H groups in total. The fourth-order valence-electron chi connectivity index (χ4n) is 2.03. The third-order valence-corrected chi connectivity index (χ3v) is 3.36. The minimum atomic E-state index is -4.58. The van der Waals surface area contributed by atoms with Gasteiger partial charge < -0.3 is 30.5 Å². The molecule has 0 aliphatic carbocycles. The molecule has 2 unspecified atom stereocenters. The highest BCUT2D eigenvalue weighted by atomic mass is 19.4. The van der Waals surface area contributed by atoms with Crippen molar-refractivity contribution in [2.75, 3.05) is 0 Å². The van der Waals surface area contributed by atoms with Gasteiger partial charge in [0, 0.05) is 0 Å². The highest BCUT2D eigenvalue weighted by Crippen LogP contribution is 2.31.